The first-order chi connectivity index (χ1) is 9.35. The number of nitrogens with zero attached hydrogens (tertiary/aromatic N) is 2. The van der Waals surface area contributed by atoms with E-state index >= 15 is 0 Å². The molecular formula is C11H10F3N3O3. The van der Waals surface area contributed by atoms with Gasteiger partial charge < -0.3 is 14.8 Å². The zero-order valence-corrected chi connectivity index (χ0v) is 10.1. The molecule has 2 aromatic heterocycles. The minimum Gasteiger partial charge on any atom is -0.478 e. The first kappa shape index (κ1) is 14.3. The molecule has 0 unspecified atom stereocenters. The molecule has 0 spiro atoms. The summed E-state index contributed by atoms with van der Waals surface area (Å²) >= 11 is 0. The van der Waals surface area contributed by atoms with Crippen LogP contribution in [0.2, 0.25) is 0 Å². The SMILES string of the molecule is O=C(O)c1cnc2nc(CCOCC(F)(F)F)[nH]c2c1. The van der Waals surface area contributed by atoms with Crippen LogP contribution in [0.3, 0.4) is 0 Å². The normalized spacial score (nSPS) is 11.9. The minimum atomic E-state index is -4.36. The fourth-order valence-electron chi connectivity index (χ4n) is 1.54. The van der Waals surface area contributed by atoms with Crippen molar-refractivity contribution in [2.75, 3.05) is 13.2 Å². The predicted molar refractivity (Wildman–Crippen MR) is 61.4 cm³/mol. The maximum Gasteiger partial charge on any atom is 0.411 e. The number of hydrogen-bond donors (Lipinski definition) is 2. The van der Waals surface area contributed by atoms with Crippen molar-refractivity contribution in [1.82, 2.24) is 15.0 Å². The largest absolute Gasteiger partial charge is 0.478 e. The molecule has 0 aliphatic heterocycles. The quantitative estimate of drug-likeness (QED) is 0.819. The van der Waals surface area contributed by atoms with Crippen LogP contribution >= 0.6 is 0 Å². The zero-order chi connectivity index (χ0) is 14.8. The monoisotopic (exact) mass is 289 g/mol. The van der Waals surface area contributed by atoms with Crippen LogP contribution in [0.5, 0.6) is 0 Å². The van der Waals surface area contributed by atoms with Gasteiger partial charge in [-0.3, -0.25) is 0 Å². The number of alkyl halides is 3. The summed E-state index contributed by atoms with van der Waals surface area (Å²) in [6, 6.07) is 1.36. The molecular weight excluding hydrogens is 279 g/mol. The van der Waals surface area contributed by atoms with Gasteiger partial charge in [-0.1, -0.05) is 0 Å². The van der Waals surface area contributed by atoms with Gasteiger partial charge in [0.25, 0.3) is 0 Å². The summed E-state index contributed by atoms with van der Waals surface area (Å²) in [5, 5.41) is 8.80. The van der Waals surface area contributed by atoms with Gasteiger partial charge in [-0.05, 0) is 6.07 Å². The van der Waals surface area contributed by atoms with Gasteiger partial charge in [-0.25, -0.2) is 14.8 Å². The molecule has 6 nitrogen and oxygen atoms in total. The molecule has 108 valence electrons. The number of aromatic amines is 1. The topological polar surface area (TPSA) is 88.1 Å². The molecule has 9 heteroatoms. The summed E-state index contributed by atoms with van der Waals surface area (Å²) < 4.78 is 40.0. The van der Waals surface area contributed by atoms with E-state index in [0.29, 0.717) is 17.0 Å². The lowest BCUT2D eigenvalue weighted by atomic mass is 10.3. The standard InChI is InChI=1S/C11H10F3N3O3/c12-11(13,14)5-20-2-1-8-16-7-3-6(10(18)19)4-15-9(7)17-8/h3-4H,1-2,5H2,(H,18,19)(H,15,16,17). The second kappa shape index (κ2) is 5.45. The van der Waals surface area contributed by atoms with Crippen LogP contribution in [0.15, 0.2) is 12.3 Å². The highest BCUT2D eigenvalue weighted by molar-refractivity contribution is 5.90. The van der Waals surface area contributed by atoms with Crippen molar-refractivity contribution in [2.45, 2.75) is 12.6 Å². The Morgan fingerprint density at radius 2 is 2.20 bits per heavy atom. The molecule has 0 fully saturated rings. The lowest BCUT2D eigenvalue weighted by Crippen LogP contribution is -2.18. The number of H-pyrrole nitrogens is 1. The number of nitrogens with one attached hydrogen (secondary N) is 1. The molecule has 0 aliphatic rings. The van der Waals surface area contributed by atoms with Gasteiger partial charge in [-0.2, -0.15) is 13.2 Å². The van der Waals surface area contributed by atoms with E-state index in [1.165, 1.54) is 6.07 Å². The highest BCUT2D eigenvalue weighted by Crippen LogP contribution is 2.15. The van der Waals surface area contributed by atoms with Gasteiger partial charge in [-0.15, -0.1) is 0 Å². The molecule has 2 aromatic rings. The Morgan fingerprint density at radius 1 is 1.45 bits per heavy atom. The molecule has 0 aromatic carbocycles. The fraction of sp³-hybridized carbons (Fsp3) is 0.364. The van der Waals surface area contributed by atoms with Crippen LogP contribution < -0.4 is 0 Å². The van der Waals surface area contributed by atoms with Crippen molar-refractivity contribution in [3.63, 3.8) is 0 Å². The Balaban J connectivity index is 1.99. The highest BCUT2D eigenvalue weighted by atomic mass is 19.4. The summed E-state index contributed by atoms with van der Waals surface area (Å²) in [7, 11) is 0. The van der Waals surface area contributed by atoms with Crippen molar-refractivity contribution in [3.8, 4) is 0 Å². The summed E-state index contributed by atoms with van der Waals surface area (Å²) in [6.45, 7) is -1.46. The molecule has 0 saturated heterocycles. The van der Waals surface area contributed by atoms with Crippen LogP contribution in [0.25, 0.3) is 11.2 Å². The molecule has 0 bridgehead atoms. The first-order valence-corrected chi connectivity index (χ1v) is 5.57. The van der Waals surface area contributed by atoms with Gasteiger partial charge in [0.1, 0.15) is 12.4 Å². The van der Waals surface area contributed by atoms with Crippen molar-refractivity contribution in [3.05, 3.63) is 23.7 Å². The number of fused-ring (bicyclic) bond motifs is 1. The van der Waals surface area contributed by atoms with Crippen LogP contribution in [0, 0.1) is 0 Å². The summed E-state index contributed by atoms with van der Waals surface area (Å²) in [6.07, 6.45) is -3.05. The van der Waals surface area contributed by atoms with Crippen LogP contribution in [0.4, 0.5) is 13.2 Å². The maximum atomic E-state index is 11.9. The van der Waals surface area contributed by atoms with Crippen molar-refractivity contribution in [1.29, 1.82) is 0 Å². The number of hydrogen-bond acceptors (Lipinski definition) is 4. The third kappa shape index (κ3) is 3.67. The molecule has 0 aliphatic carbocycles. The smallest absolute Gasteiger partial charge is 0.411 e. The van der Waals surface area contributed by atoms with E-state index in [1.54, 1.807) is 0 Å². The number of carboxylic acid groups (broad SMARTS) is 1. The molecule has 20 heavy (non-hydrogen) atoms. The zero-order valence-electron chi connectivity index (χ0n) is 10.1. The number of aromatic carboxylic acids is 1. The average Bonchev–Trinajstić information content (AvgIpc) is 2.75. The number of pyridine rings is 1. The Morgan fingerprint density at radius 3 is 2.85 bits per heavy atom. The van der Waals surface area contributed by atoms with Crippen molar-refractivity contribution < 1.29 is 27.8 Å². The van der Waals surface area contributed by atoms with Crippen molar-refractivity contribution >= 4 is 17.1 Å². The first-order valence-electron chi connectivity index (χ1n) is 5.57. The van der Waals surface area contributed by atoms with Gasteiger partial charge in [0.05, 0.1) is 17.7 Å². The third-order valence-electron chi connectivity index (χ3n) is 2.38. The number of rotatable bonds is 5. The number of imidazole rings is 1. The lowest BCUT2D eigenvalue weighted by Gasteiger charge is -2.06. The van der Waals surface area contributed by atoms with Gasteiger partial charge in [0.15, 0.2) is 5.65 Å². The Hall–Kier alpha value is -2.16. The Kier molecular flexibility index (Phi) is 3.89. The second-order valence-corrected chi connectivity index (χ2v) is 4.00. The van der Waals surface area contributed by atoms with E-state index in [1.807, 2.05) is 0 Å². The van der Waals surface area contributed by atoms with Crippen molar-refractivity contribution in [2.24, 2.45) is 0 Å². The van der Waals surface area contributed by atoms with E-state index < -0.39 is 18.8 Å². The van der Waals surface area contributed by atoms with Crippen LogP contribution in [-0.2, 0) is 11.2 Å². The van der Waals surface area contributed by atoms with Gasteiger partial charge in [0.2, 0.25) is 0 Å². The molecule has 2 rings (SSSR count). The van der Waals surface area contributed by atoms with Gasteiger partial charge in [0, 0.05) is 12.6 Å². The Labute approximate surface area is 110 Å². The number of carbonyl (C=O) groups is 1. The number of carboxylic acids is 1. The predicted octanol–water partition coefficient (Wildman–Crippen LogP) is 1.78. The molecule has 0 radical (unpaired) electrons. The summed E-state index contributed by atoms with van der Waals surface area (Å²) in [4.78, 5) is 21.4. The summed E-state index contributed by atoms with van der Waals surface area (Å²) in [5.74, 6) is -0.735. The molecule has 2 heterocycles. The van der Waals surface area contributed by atoms with Crippen LogP contribution in [0.1, 0.15) is 16.2 Å². The van der Waals surface area contributed by atoms with Crippen LogP contribution in [-0.4, -0.2) is 45.4 Å². The lowest BCUT2D eigenvalue weighted by molar-refractivity contribution is -0.173. The third-order valence-corrected chi connectivity index (χ3v) is 2.38. The van der Waals surface area contributed by atoms with E-state index in [4.69, 9.17) is 5.11 Å². The molecule has 2 N–H and O–H groups in total. The number of aromatic nitrogens is 3. The average molecular weight is 289 g/mol. The minimum absolute atomic E-state index is 0.000946. The van der Waals surface area contributed by atoms with E-state index in [-0.39, 0.29) is 18.6 Å². The molecule has 0 atom stereocenters. The second-order valence-electron chi connectivity index (χ2n) is 4.00. The molecule has 0 saturated carbocycles. The fourth-order valence-corrected chi connectivity index (χ4v) is 1.54. The molecule has 0 amide bonds. The van der Waals surface area contributed by atoms with E-state index in [2.05, 4.69) is 19.7 Å². The van der Waals surface area contributed by atoms with Gasteiger partial charge >= 0.3 is 12.1 Å². The van der Waals surface area contributed by atoms with E-state index in [0.717, 1.165) is 6.20 Å². The highest BCUT2D eigenvalue weighted by Gasteiger charge is 2.27. The summed E-state index contributed by atoms with van der Waals surface area (Å²) in [5.41, 5.74) is 0.720. The number of halogens is 3. The maximum absolute atomic E-state index is 11.9. The Bertz CT molecular complexity index is 624. The number of ether oxygens (including phenoxy) is 1. The van der Waals surface area contributed by atoms with E-state index in [9.17, 15) is 18.0 Å².